The Balaban J connectivity index is 2.68. The van der Waals surface area contributed by atoms with Gasteiger partial charge < -0.3 is 0 Å². The maximum atomic E-state index is 11.9. The van der Waals surface area contributed by atoms with Crippen molar-refractivity contribution in [3.63, 3.8) is 0 Å². The second-order valence-electron chi connectivity index (χ2n) is 4.55. The van der Waals surface area contributed by atoms with Gasteiger partial charge in [-0.15, -0.1) is 11.3 Å². The van der Waals surface area contributed by atoms with Crippen molar-refractivity contribution in [2.24, 2.45) is 0 Å². The van der Waals surface area contributed by atoms with Gasteiger partial charge in [0.25, 0.3) is 11.8 Å². The second kappa shape index (κ2) is 4.53. The highest BCUT2D eigenvalue weighted by Crippen LogP contribution is 2.32. The lowest BCUT2D eigenvalue weighted by Crippen LogP contribution is -2.20. The van der Waals surface area contributed by atoms with Gasteiger partial charge >= 0.3 is 0 Å². The highest BCUT2D eigenvalue weighted by atomic mass is 32.1. The fourth-order valence-electron chi connectivity index (χ4n) is 2.20. The number of carbonyl (C=O) groups excluding carboxylic acids is 2. The molecule has 1 aromatic heterocycles. The average molecular weight is 261 g/mol. The van der Waals surface area contributed by atoms with E-state index >= 15 is 0 Å². The predicted octanol–water partition coefficient (Wildman–Crippen LogP) is 2.82. The summed E-state index contributed by atoms with van der Waals surface area (Å²) in [4.78, 5) is 24.9. The van der Waals surface area contributed by atoms with Crippen LogP contribution in [0.5, 0.6) is 0 Å². The van der Waals surface area contributed by atoms with Gasteiger partial charge in [0, 0.05) is 4.88 Å². The molecule has 2 heterocycles. The molecule has 4 heteroatoms. The van der Waals surface area contributed by atoms with Gasteiger partial charge in [0.1, 0.15) is 0 Å². The van der Waals surface area contributed by atoms with Gasteiger partial charge in [0.15, 0.2) is 0 Å². The molecule has 1 aliphatic rings. The predicted molar refractivity (Wildman–Crippen MR) is 73.2 cm³/mol. The maximum Gasteiger partial charge on any atom is 0.259 e. The van der Waals surface area contributed by atoms with Crippen LogP contribution in [0.1, 0.15) is 31.2 Å². The Morgan fingerprint density at radius 1 is 1.11 bits per heavy atom. The number of allylic oxidation sites excluding steroid dienone is 2. The van der Waals surface area contributed by atoms with E-state index in [1.54, 1.807) is 11.3 Å². The third kappa shape index (κ3) is 1.93. The summed E-state index contributed by atoms with van der Waals surface area (Å²) in [6.07, 6.45) is 0. The van der Waals surface area contributed by atoms with Gasteiger partial charge in [-0.1, -0.05) is 5.57 Å². The van der Waals surface area contributed by atoms with E-state index in [-0.39, 0.29) is 11.8 Å². The van der Waals surface area contributed by atoms with E-state index in [9.17, 15) is 9.59 Å². The number of imide groups is 1. The van der Waals surface area contributed by atoms with Crippen molar-refractivity contribution in [1.82, 2.24) is 5.32 Å². The normalized spacial score (nSPS) is 18.1. The zero-order valence-corrected chi connectivity index (χ0v) is 11.7. The minimum absolute atomic E-state index is 0.290. The summed E-state index contributed by atoms with van der Waals surface area (Å²) >= 11 is 1.64. The van der Waals surface area contributed by atoms with Crippen LogP contribution in [0.3, 0.4) is 0 Å². The lowest BCUT2D eigenvalue weighted by atomic mass is 9.95. The highest BCUT2D eigenvalue weighted by Gasteiger charge is 2.33. The molecule has 1 aromatic rings. The number of aryl methyl sites for hydroxylation is 1. The molecule has 1 N–H and O–H groups in total. The Labute approximate surface area is 110 Å². The molecule has 0 unspecified atom stereocenters. The lowest BCUT2D eigenvalue weighted by molar-refractivity contribution is -0.123. The summed E-state index contributed by atoms with van der Waals surface area (Å²) in [5.74, 6) is -0.582. The fourth-order valence-corrected chi connectivity index (χ4v) is 2.96. The fraction of sp³-hybridized carbons (Fsp3) is 0.286. The Kier molecular flexibility index (Phi) is 3.22. The van der Waals surface area contributed by atoms with Crippen LogP contribution in [0.4, 0.5) is 0 Å². The molecule has 2 amide bonds. The van der Waals surface area contributed by atoms with Gasteiger partial charge in [-0.25, -0.2) is 0 Å². The molecule has 0 bridgehead atoms. The summed E-state index contributed by atoms with van der Waals surface area (Å²) in [5, 5.41) is 4.36. The highest BCUT2D eigenvalue weighted by molar-refractivity contribution is 7.10. The Hall–Kier alpha value is -1.68. The minimum Gasteiger partial charge on any atom is -0.288 e. The lowest BCUT2D eigenvalue weighted by Gasteiger charge is -2.06. The molecule has 94 valence electrons. The summed E-state index contributed by atoms with van der Waals surface area (Å²) in [6.45, 7) is 7.61. The van der Waals surface area contributed by atoms with E-state index in [0.29, 0.717) is 11.1 Å². The van der Waals surface area contributed by atoms with Crippen LogP contribution >= 0.6 is 11.3 Å². The van der Waals surface area contributed by atoms with E-state index in [4.69, 9.17) is 0 Å². The van der Waals surface area contributed by atoms with Crippen LogP contribution in [0.15, 0.2) is 28.2 Å². The Bertz CT molecular complexity index is 601. The third-order valence-corrected chi connectivity index (χ3v) is 3.91. The number of thiophene rings is 1. The van der Waals surface area contributed by atoms with E-state index < -0.39 is 0 Å². The van der Waals surface area contributed by atoms with Gasteiger partial charge in [-0.2, -0.15) is 0 Å². The molecule has 0 atom stereocenters. The van der Waals surface area contributed by atoms with Crippen molar-refractivity contribution in [3.05, 3.63) is 38.6 Å². The van der Waals surface area contributed by atoms with Crippen LogP contribution < -0.4 is 5.32 Å². The molecule has 3 nitrogen and oxygen atoms in total. The van der Waals surface area contributed by atoms with Gasteiger partial charge in [0.05, 0.1) is 11.1 Å². The van der Waals surface area contributed by atoms with Crippen LogP contribution in [0.2, 0.25) is 0 Å². The van der Waals surface area contributed by atoms with Crippen molar-refractivity contribution in [3.8, 4) is 0 Å². The van der Waals surface area contributed by atoms with Crippen molar-refractivity contribution < 1.29 is 9.59 Å². The largest absolute Gasteiger partial charge is 0.288 e. The number of carbonyl (C=O) groups is 2. The molecular formula is C14H15NO2S. The number of hydrogen-bond acceptors (Lipinski definition) is 3. The number of nitrogens with one attached hydrogen (secondary N) is 1. The third-order valence-electron chi connectivity index (χ3n) is 3.07. The van der Waals surface area contributed by atoms with Gasteiger partial charge in [-0.3, -0.25) is 14.9 Å². The molecule has 1 fully saturated rings. The summed E-state index contributed by atoms with van der Waals surface area (Å²) in [6, 6.07) is 1.99. The topological polar surface area (TPSA) is 46.2 Å². The first-order chi connectivity index (χ1) is 8.43. The van der Waals surface area contributed by atoms with Crippen LogP contribution in [0.25, 0.3) is 5.57 Å². The Morgan fingerprint density at radius 3 is 2.22 bits per heavy atom. The monoisotopic (exact) mass is 261 g/mol. The van der Waals surface area contributed by atoms with Crippen molar-refractivity contribution in [2.45, 2.75) is 27.7 Å². The maximum absolute atomic E-state index is 11.9. The van der Waals surface area contributed by atoms with Crippen LogP contribution in [-0.4, -0.2) is 11.8 Å². The quantitative estimate of drug-likeness (QED) is 0.624. The van der Waals surface area contributed by atoms with Crippen LogP contribution in [-0.2, 0) is 9.59 Å². The summed E-state index contributed by atoms with van der Waals surface area (Å²) in [7, 11) is 0. The zero-order chi connectivity index (χ0) is 13.4. The summed E-state index contributed by atoms with van der Waals surface area (Å²) in [5.41, 5.74) is 3.80. The number of amides is 2. The molecule has 1 aliphatic heterocycles. The molecule has 0 radical (unpaired) electrons. The number of rotatable bonds is 1. The van der Waals surface area contributed by atoms with E-state index in [0.717, 1.165) is 21.6 Å². The van der Waals surface area contributed by atoms with Crippen molar-refractivity contribution >= 4 is 28.7 Å². The molecule has 18 heavy (non-hydrogen) atoms. The average Bonchev–Trinajstić information content (AvgIpc) is 2.81. The minimum atomic E-state index is -0.292. The van der Waals surface area contributed by atoms with E-state index in [1.165, 1.54) is 0 Å². The number of hydrogen-bond donors (Lipinski definition) is 1. The summed E-state index contributed by atoms with van der Waals surface area (Å²) < 4.78 is 0. The van der Waals surface area contributed by atoms with Crippen molar-refractivity contribution in [2.75, 3.05) is 0 Å². The molecule has 2 rings (SSSR count). The Morgan fingerprint density at radius 2 is 1.72 bits per heavy atom. The SMILES string of the molecule is CC(C)=C1C(=O)NC(=O)/C1=C(\C)c1ccsc1C. The molecule has 0 aliphatic carbocycles. The first kappa shape index (κ1) is 12.8. The molecular weight excluding hydrogens is 246 g/mol. The van der Waals surface area contributed by atoms with E-state index in [1.807, 2.05) is 39.1 Å². The van der Waals surface area contributed by atoms with Gasteiger partial charge in [0.2, 0.25) is 0 Å². The van der Waals surface area contributed by atoms with Crippen molar-refractivity contribution in [1.29, 1.82) is 0 Å². The van der Waals surface area contributed by atoms with Crippen LogP contribution in [0, 0.1) is 6.92 Å². The first-order valence-corrected chi connectivity index (χ1v) is 6.60. The molecule has 1 saturated heterocycles. The second-order valence-corrected chi connectivity index (χ2v) is 5.67. The van der Waals surface area contributed by atoms with E-state index in [2.05, 4.69) is 5.32 Å². The molecule has 0 saturated carbocycles. The zero-order valence-electron chi connectivity index (χ0n) is 10.9. The molecule has 0 spiro atoms. The van der Waals surface area contributed by atoms with Gasteiger partial charge in [-0.05, 0) is 50.3 Å². The standard InChI is InChI=1S/C14H15NO2S/c1-7(2)11-12(14(17)15-13(11)16)8(3)10-5-6-18-9(10)4/h5-6H,1-4H3,(H,15,16,17)/b12-8+. The first-order valence-electron chi connectivity index (χ1n) is 5.72. The smallest absolute Gasteiger partial charge is 0.259 e. The molecule has 0 aromatic carbocycles.